The van der Waals surface area contributed by atoms with Crippen molar-refractivity contribution in [2.45, 2.75) is 38.8 Å². The monoisotopic (exact) mass is 418 g/mol. The summed E-state index contributed by atoms with van der Waals surface area (Å²) >= 11 is 0. The second kappa shape index (κ2) is 7.54. The van der Waals surface area contributed by atoms with Crippen molar-refractivity contribution in [1.82, 2.24) is 19.9 Å². The Morgan fingerprint density at radius 2 is 2.19 bits per heavy atom. The van der Waals surface area contributed by atoms with Gasteiger partial charge < -0.3 is 16.0 Å². The summed E-state index contributed by atoms with van der Waals surface area (Å²) in [4.78, 5) is 16.4. The number of nitrogens with one attached hydrogen (secondary N) is 3. The highest BCUT2D eigenvalue weighted by molar-refractivity contribution is 5.89. The first-order chi connectivity index (χ1) is 15.0. The van der Waals surface area contributed by atoms with Gasteiger partial charge in [-0.2, -0.15) is 9.61 Å². The number of fused-ring (bicyclic) bond motifs is 1. The molecule has 0 bridgehead atoms. The fourth-order valence-electron chi connectivity index (χ4n) is 3.62. The molecule has 7 nitrogen and oxygen atoms in total. The standard InChI is InChI=1S/C23H23FN6O/c1-13-7-15(3-6-19(13)24)11-25-20-10-21(28-18-4-5-18)30-23(29-20)17(12-26-30)8-16-9-22(31)27-14(16)2/h3,6-8,10,12,18,28H,2,4-5,9,11H2,1H3,(H,25,29)(H,27,31)/b16-8+. The number of carbonyl (C=O) groups is 1. The number of amides is 1. The molecule has 1 amide bonds. The molecule has 158 valence electrons. The quantitative estimate of drug-likeness (QED) is 0.568. The van der Waals surface area contributed by atoms with E-state index in [4.69, 9.17) is 4.98 Å². The molecule has 0 unspecified atom stereocenters. The summed E-state index contributed by atoms with van der Waals surface area (Å²) in [5.41, 5.74) is 4.53. The lowest BCUT2D eigenvalue weighted by atomic mass is 10.1. The third kappa shape index (κ3) is 4.01. The van der Waals surface area contributed by atoms with E-state index in [0.29, 0.717) is 41.7 Å². The van der Waals surface area contributed by atoms with Gasteiger partial charge in [0.25, 0.3) is 0 Å². The van der Waals surface area contributed by atoms with Crippen molar-refractivity contribution >= 4 is 29.3 Å². The van der Waals surface area contributed by atoms with Crippen LogP contribution in [0.2, 0.25) is 0 Å². The number of nitrogens with zero attached hydrogens (tertiary/aromatic N) is 3. The van der Waals surface area contributed by atoms with E-state index in [1.165, 1.54) is 6.07 Å². The SMILES string of the molecule is C=C1NC(=O)C/C1=C\c1cnn2c(NC3CC3)cc(NCc3ccc(F)c(C)c3)nc12. The van der Waals surface area contributed by atoms with Crippen LogP contribution in [-0.4, -0.2) is 26.5 Å². The van der Waals surface area contributed by atoms with Crippen molar-refractivity contribution in [2.24, 2.45) is 0 Å². The zero-order chi connectivity index (χ0) is 21.5. The van der Waals surface area contributed by atoms with Crippen molar-refractivity contribution in [3.8, 4) is 0 Å². The smallest absolute Gasteiger partial charge is 0.228 e. The van der Waals surface area contributed by atoms with Gasteiger partial charge in [0.1, 0.15) is 17.5 Å². The summed E-state index contributed by atoms with van der Waals surface area (Å²) in [6, 6.07) is 7.45. The van der Waals surface area contributed by atoms with Crippen molar-refractivity contribution in [1.29, 1.82) is 0 Å². The number of rotatable bonds is 6. The van der Waals surface area contributed by atoms with Crippen molar-refractivity contribution < 1.29 is 9.18 Å². The highest BCUT2D eigenvalue weighted by Gasteiger charge is 2.24. The summed E-state index contributed by atoms with van der Waals surface area (Å²) in [5, 5.41) is 14.1. The van der Waals surface area contributed by atoms with E-state index in [-0.39, 0.29) is 11.7 Å². The van der Waals surface area contributed by atoms with Gasteiger partial charge in [-0.3, -0.25) is 4.79 Å². The van der Waals surface area contributed by atoms with Gasteiger partial charge in [0.05, 0.1) is 12.6 Å². The molecule has 31 heavy (non-hydrogen) atoms. The number of benzene rings is 1. The minimum atomic E-state index is -0.211. The molecule has 3 N–H and O–H groups in total. The number of allylic oxidation sites excluding steroid dienone is 1. The summed E-state index contributed by atoms with van der Waals surface area (Å²) in [5.74, 6) is 1.28. The maximum Gasteiger partial charge on any atom is 0.228 e. The van der Waals surface area contributed by atoms with Gasteiger partial charge in [-0.15, -0.1) is 0 Å². The molecule has 3 heterocycles. The molecule has 3 aromatic rings. The summed E-state index contributed by atoms with van der Waals surface area (Å²) in [7, 11) is 0. The second-order valence-electron chi connectivity index (χ2n) is 8.09. The molecule has 1 saturated heterocycles. The molecule has 8 heteroatoms. The van der Waals surface area contributed by atoms with Crippen LogP contribution in [0.25, 0.3) is 11.7 Å². The average molecular weight is 418 g/mol. The van der Waals surface area contributed by atoms with Crippen LogP contribution in [0, 0.1) is 12.7 Å². The molecule has 5 rings (SSSR count). The van der Waals surface area contributed by atoms with Gasteiger partial charge in [0, 0.05) is 29.9 Å². The summed E-state index contributed by atoms with van der Waals surface area (Å²) < 4.78 is 15.3. The Bertz CT molecular complexity index is 1240. The predicted molar refractivity (Wildman–Crippen MR) is 118 cm³/mol. The zero-order valence-corrected chi connectivity index (χ0v) is 17.2. The van der Waals surface area contributed by atoms with Crippen LogP contribution in [0.1, 0.15) is 36.0 Å². The molecule has 1 saturated carbocycles. The lowest BCUT2D eigenvalue weighted by Crippen LogP contribution is -2.10. The van der Waals surface area contributed by atoms with E-state index < -0.39 is 0 Å². The topological polar surface area (TPSA) is 83.4 Å². The van der Waals surface area contributed by atoms with E-state index in [9.17, 15) is 9.18 Å². The van der Waals surface area contributed by atoms with Crippen LogP contribution in [0.5, 0.6) is 0 Å². The Morgan fingerprint density at radius 1 is 1.35 bits per heavy atom. The molecule has 2 fully saturated rings. The minimum Gasteiger partial charge on any atom is -0.367 e. The predicted octanol–water partition coefficient (Wildman–Crippen LogP) is 3.78. The third-order valence-corrected chi connectivity index (χ3v) is 5.48. The molecule has 0 radical (unpaired) electrons. The molecule has 1 aliphatic heterocycles. The molecule has 2 aliphatic rings. The van der Waals surface area contributed by atoms with E-state index in [1.54, 1.807) is 23.7 Å². The van der Waals surface area contributed by atoms with Gasteiger partial charge in [0.2, 0.25) is 5.91 Å². The number of anilines is 2. The maximum atomic E-state index is 13.6. The van der Waals surface area contributed by atoms with Gasteiger partial charge in [-0.05, 0) is 48.6 Å². The first-order valence-corrected chi connectivity index (χ1v) is 10.3. The lowest BCUT2D eigenvalue weighted by molar-refractivity contribution is -0.118. The fourth-order valence-corrected chi connectivity index (χ4v) is 3.62. The normalized spacial score (nSPS) is 17.4. The van der Waals surface area contributed by atoms with Gasteiger partial charge in [-0.25, -0.2) is 9.37 Å². The number of aryl methyl sites for hydroxylation is 1. The van der Waals surface area contributed by atoms with Crippen LogP contribution in [-0.2, 0) is 11.3 Å². The number of carbonyl (C=O) groups excluding carboxylic acids is 1. The Labute approximate surface area is 179 Å². The van der Waals surface area contributed by atoms with E-state index in [0.717, 1.165) is 35.4 Å². The van der Waals surface area contributed by atoms with Crippen LogP contribution in [0.3, 0.4) is 0 Å². The molecule has 1 aliphatic carbocycles. The molecular formula is C23H23FN6O. The second-order valence-corrected chi connectivity index (χ2v) is 8.09. The average Bonchev–Trinajstić information content (AvgIpc) is 3.37. The van der Waals surface area contributed by atoms with Gasteiger partial charge >= 0.3 is 0 Å². The van der Waals surface area contributed by atoms with E-state index in [2.05, 4.69) is 27.6 Å². The highest BCUT2D eigenvalue weighted by atomic mass is 19.1. The number of hydrogen-bond acceptors (Lipinski definition) is 5. The minimum absolute atomic E-state index is 0.0614. The van der Waals surface area contributed by atoms with Gasteiger partial charge in [0.15, 0.2) is 5.65 Å². The van der Waals surface area contributed by atoms with Crippen molar-refractivity contribution in [3.63, 3.8) is 0 Å². The van der Waals surface area contributed by atoms with E-state index >= 15 is 0 Å². The van der Waals surface area contributed by atoms with Crippen LogP contribution >= 0.6 is 0 Å². The molecule has 0 atom stereocenters. The molecule has 0 spiro atoms. The Balaban J connectivity index is 1.48. The highest BCUT2D eigenvalue weighted by Crippen LogP contribution is 2.29. The van der Waals surface area contributed by atoms with Crippen molar-refractivity contribution in [2.75, 3.05) is 10.6 Å². The van der Waals surface area contributed by atoms with Gasteiger partial charge in [-0.1, -0.05) is 18.7 Å². The third-order valence-electron chi connectivity index (χ3n) is 5.48. The van der Waals surface area contributed by atoms with Crippen molar-refractivity contribution in [3.05, 3.63) is 70.8 Å². The molecule has 1 aromatic carbocycles. The first kappa shape index (κ1) is 19.3. The van der Waals surface area contributed by atoms with E-state index in [1.807, 2.05) is 18.2 Å². The Kier molecular flexibility index (Phi) is 4.69. The molecule has 2 aromatic heterocycles. The largest absolute Gasteiger partial charge is 0.367 e. The Hall–Kier alpha value is -3.68. The van der Waals surface area contributed by atoms with Crippen LogP contribution in [0.15, 0.2) is 48.3 Å². The zero-order valence-electron chi connectivity index (χ0n) is 17.2. The summed E-state index contributed by atoms with van der Waals surface area (Å²) in [6.45, 7) is 6.18. The summed E-state index contributed by atoms with van der Waals surface area (Å²) in [6.07, 6.45) is 6.21. The number of aromatic nitrogens is 3. The Morgan fingerprint density at radius 3 is 2.90 bits per heavy atom. The lowest BCUT2D eigenvalue weighted by Gasteiger charge is -2.12. The first-order valence-electron chi connectivity index (χ1n) is 10.3. The number of hydrogen-bond donors (Lipinski definition) is 3. The fraction of sp³-hybridized carbons (Fsp3) is 0.261. The van der Waals surface area contributed by atoms with Crippen LogP contribution < -0.4 is 16.0 Å². The maximum absolute atomic E-state index is 13.6. The number of halogens is 1. The van der Waals surface area contributed by atoms with Crippen LogP contribution in [0.4, 0.5) is 16.0 Å². The molecular weight excluding hydrogens is 395 g/mol.